The third kappa shape index (κ3) is 3.28. The maximum atomic E-state index is 13.2. The summed E-state index contributed by atoms with van der Waals surface area (Å²) in [5.74, 6) is -2.18. The quantitative estimate of drug-likeness (QED) is 0.582. The highest BCUT2D eigenvalue weighted by Crippen LogP contribution is 2.34. The average molecular weight is 248 g/mol. The van der Waals surface area contributed by atoms with Crippen LogP contribution in [-0.2, 0) is 6.18 Å². The first kappa shape index (κ1) is 13.7. The van der Waals surface area contributed by atoms with Crippen LogP contribution in [0.15, 0.2) is 18.2 Å². The number of Topliss-reactive ketones (excluding diaryl/α,β-unsaturated/α-hetero) is 1. The van der Waals surface area contributed by atoms with Crippen LogP contribution in [-0.4, -0.2) is 5.78 Å². The van der Waals surface area contributed by atoms with Gasteiger partial charge in [-0.15, -0.1) is 0 Å². The minimum Gasteiger partial charge on any atom is -0.294 e. The van der Waals surface area contributed by atoms with Gasteiger partial charge in [0.15, 0.2) is 5.78 Å². The van der Waals surface area contributed by atoms with Crippen molar-refractivity contribution in [2.75, 3.05) is 0 Å². The number of benzene rings is 1. The zero-order valence-electron chi connectivity index (χ0n) is 9.44. The van der Waals surface area contributed by atoms with Crippen molar-refractivity contribution >= 4 is 5.78 Å². The van der Waals surface area contributed by atoms with Gasteiger partial charge in [0.2, 0.25) is 0 Å². The number of halogens is 4. The topological polar surface area (TPSA) is 17.1 Å². The van der Waals surface area contributed by atoms with Crippen molar-refractivity contribution in [2.45, 2.75) is 26.4 Å². The van der Waals surface area contributed by atoms with Crippen molar-refractivity contribution < 1.29 is 22.4 Å². The van der Waals surface area contributed by atoms with Crippen LogP contribution in [0.25, 0.3) is 0 Å². The first-order valence-corrected chi connectivity index (χ1v) is 5.12. The van der Waals surface area contributed by atoms with Gasteiger partial charge >= 0.3 is 6.18 Å². The Morgan fingerprint density at radius 1 is 1.29 bits per heavy atom. The largest absolute Gasteiger partial charge is 0.419 e. The molecule has 0 saturated carbocycles. The highest BCUT2D eigenvalue weighted by Gasteiger charge is 2.38. The van der Waals surface area contributed by atoms with E-state index in [4.69, 9.17) is 0 Å². The van der Waals surface area contributed by atoms with E-state index in [1.165, 1.54) is 0 Å². The third-order valence-corrected chi connectivity index (χ3v) is 2.19. The lowest BCUT2D eigenvalue weighted by atomic mass is 9.96. The second-order valence-electron chi connectivity index (χ2n) is 4.18. The minimum atomic E-state index is -4.85. The standard InChI is InChI=1S/C12H12F4O/c1-7(2)6-10(17)8-4-3-5-9(13)11(8)12(14,15)16/h3-5,7H,6H2,1-2H3. The molecular weight excluding hydrogens is 236 g/mol. The first-order valence-electron chi connectivity index (χ1n) is 5.12. The summed E-state index contributed by atoms with van der Waals surface area (Å²) < 4.78 is 51.0. The van der Waals surface area contributed by atoms with Crippen LogP contribution >= 0.6 is 0 Å². The molecule has 0 N–H and O–H groups in total. The molecule has 0 radical (unpaired) electrons. The third-order valence-electron chi connectivity index (χ3n) is 2.19. The zero-order chi connectivity index (χ0) is 13.2. The summed E-state index contributed by atoms with van der Waals surface area (Å²) >= 11 is 0. The molecule has 5 heteroatoms. The smallest absolute Gasteiger partial charge is 0.294 e. The molecule has 1 aromatic rings. The Bertz CT molecular complexity index is 421. The predicted molar refractivity (Wildman–Crippen MR) is 55.2 cm³/mol. The van der Waals surface area contributed by atoms with Gasteiger partial charge < -0.3 is 0 Å². The van der Waals surface area contributed by atoms with E-state index < -0.39 is 28.9 Å². The minimum absolute atomic E-state index is 0.0352. The summed E-state index contributed by atoms with van der Waals surface area (Å²) in [6.45, 7) is 3.43. The number of hydrogen-bond acceptors (Lipinski definition) is 1. The van der Waals surface area contributed by atoms with E-state index in [0.717, 1.165) is 12.1 Å². The molecule has 0 aliphatic carbocycles. The number of hydrogen-bond donors (Lipinski definition) is 0. The molecule has 0 aromatic heterocycles. The number of ketones is 1. The molecule has 17 heavy (non-hydrogen) atoms. The van der Waals surface area contributed by atoms with Crippen LogP contribution in [0.3, 0.4) is 0 Å². The summed E-state index contributed by atoms with van der Waals surface area (Å²) in [7, 11) is 0. The summed E-state index contributed by atoms with van der Waals surface area (Å²) in [5.41, 5.74) is -2.06. The van der Waals surface area contributed by atoms with E-state index in [9.17, 15) is 22.4 Å². The van der Waals surface area contributed by atoms with E-state index in [1.807, 2.05) is 0 Å². The van der Waals surface area contributed by atoms with Gasteiger partial charge in [0, 0.05) is 12.0 Å². The van der Waals surface area contributed by atoms with Crippen molar-refractivity contribution in [2.24, 2.45) is 5.92 Å². The van der Waals surface area contributed by atoms with Gasteiger partial charge in [0.1, 0.15) is 11.4 Å². The van der Waals surface area contributed by atoms with Crippen molar-refractivity contribution in [1.82, 2.24) is 0 Å². The van der Waals surface area contributed by atoms with Gasteiger partial charge in [-0.2, -0.15) is 13.2 Å². The van der Waals surface area contributed by atoms with E-state index in [0.29, 0.717) is 6.07 Å². The number of carbonyl (C=O) groups excluding carboxylic acids is 1. The fraction of sp³-hybridized carbons (Fsp3) is 0.417. The van der Waals surface area contributed by atoms with Crippen LogP contribution in [0.1, 0.15) is 36.2 Å². The molecule has 94 valence electrons. The fourth-order valence-electron chi connectivity index (χ4n) is 1.53. The van der Waals surface area contributed by atoms with Crippen molar-refractivity contribution in [3.8, 4) is 0 Å². The Balaban J connectivity index is 3.25. The lowest BCUT2D eigenvalue weighted by Gasteiger charge is -2.13. The van der Waals surface area contributed by atoms with Gasteiger partial charge in [0.25, 0.3) is 0 Å². The summed E-state index contributed by atoms with van der Waals surface area (Å²) in [6, 6.07) is 2.82. The normalized spacial score (nSPS) is 11.9. The van der Waals surface area contributed by atoms with Gasteiger partial charge in [-0.1, -0.05) is 26.0 Å². The maximum Gasteiger partial charge on any atom is 0.419 e. The van der Waals surface area contributed by atoms with Crippen molar-refractivity contribution in [3.05, 3.63) is 35.1 Å². The Morgan fingerprint density at radius 2 is 1.88 bits per heavy atom. The maximum absolute atomic E-state index is 13.2. The fourth-order valence-corrected chi connectivity index (χ4v) is 1.53. The van der Waals surface area contributed by atoms with Crippen LogP contribution in [0.4, 0.5) is 17.6 Å². The number of alkyl halides is 3. The molecule has 0 amide bonds. The molecule has 0 atom stereocenters. The second kappa shape index (κ2) is 4.85. The number of carbonyl (C=O) groups is 1. The summed E-state index contributed by atoms with van der Waals surface area (Å²) in [6.07, 6.45) is -4.89. The zero-order valence-corrected chi connectivity index (χ0v) is 9.44. The molecule has 1 rings (SSSR count). The Morgan fingerprint density at radius 3 is 2.35 bits per heavy atom. The summed E-state index contributed by atoms with van der Waals surface area (Å²) in [5, 5.41) is 0. The Labute approximate surface area is 96.4 Å². The molecule has 1 aromatic carbocycles. The highest BCUT2D eigenvalue weighted by molar-refractivity contribution is 5.97. The summed E-state index contributed by atoms with van der Waals surface area (Å²) in [4.78, 5) is 11.6. The van der Waals surface area contributed by atoms with E-state index in [2.05, 4.69) is 0 Å². The van der Waals surface area contributed by atoms with Gasteiger partial charge in [-0.05, 0) is 12.0 Å². The Kier molecular flexibility index (Phi) is 3.91. The van der Waals surface area contributed by atoms with Gasteiger partial charge in [-0.25, -0.2) is 4.39 Å². The van der Waals surface area contributed by atoms with Crippen molar-refractivity contribution in [3.63, 3.8) is 0 Å². The van der Waals surface area contributed by atoms with E-state index >= 15 is 0 Å². The lowest BCUT2D eigenvalue weighted by molar-refractivity contribution is -0.140. The molecule has 0 unspecified atom stereocenters. The molecule has 0 fully saturated rings. The molecule has 0 aliphatic rings. The first-order chi connectivity index (χ1) is 7.73. The molecule has 0 aliphatic heterocycles. The molecule has 0 heterocycles. The molecule has 1 nitrogen and oxygen atoms in total. The van der Waals surface area contributed by atoms with Crippen LogP contribution in [0, 0.1) is 11.7 Å². The molecular formula is C12H12F4O. The molecule has 0 bridgehead atoms. The van der Waals surface area contributed by atoms with E-state index in [1.54, 1.807) is 13.8 Å². The molecule has 0 spiro atoms. The average Bonchev–Trinajstić information content (AvgIpc) is 2.14. The lowest BCUT2D eigenvalue weighted by Crippen LogP contribution is -2.16. The second-order valence-corrected chi connectivity index (χ2v) is 4.18. The highest BCUT2D eigenvalue weighted by atomic mass is 19.4. The predicted octanol–water partition coefficient (Wildman–Crippen LogP) is 4.07. The SMILES string of the molecule is CC(C)CC(=O)c1cccc(F)c1C(F)(F)F. The van der Waals surface area contributed by atoms with Crippen molar-refractivity contribution in [1.29, 1.82) is 0 Å². The van der Waals surface area contributed by atoms with E-state index in [-0.39, 0.29) is 12.3 Å². The van der Waals surface area contributed by atoms with Crippen LogP contribution in [0.5, 0.6) is 0 Å². The number of rotatable bonds is 3. The van der Waals surface area contributed by atoms with Gasteiger partial charge in [-0.3, -0.25) is 4.79 Å². The van der Waals surface area contributed by atoms with Gasteiger partial charge in [0.05, 0.1) is 0 Å². The monoisotopic (exact) mass is 248 g/mol. The Hall–Kier alpha value is -1.39. The van der Waals surface area contributed by atoms with Crippen LogP contribution < -0.4 is 0 Å². The molecule has 0 saturated heterocycles. The van der Waals surface area contributed by atoms with Crippen LogP contribution in [0.2, 0.25) is 0 Å².